The number of piperazine rings is 1. The molecule has 3 heterocycles. The van der Waals surface area contributed by atoms with Gasteiger partial charge in [-0.05, 0) is 80.1 Å². The number of anilines is 3. The van der Waals surface area contributed by atoms with E-state index >= 15 is 0 Å². The van der Waals surface area contributed by atoms with Crippen molar-refractivity contribution in [2.24, 2.45) is 0 Å². The van der Waals surface area contributed by atoms with E-state index in [1.807, 2.05) is 49.4 Å². The number of aromatic nitrogens is 3. The minimum absolute atomic E-state index is 0.413. The number of hydrogen-bond acceptors (Lipinski definition) is 7. The van der Waals surface area contributed by atoms with Crippen LogP contribution in [0.3, 0.4) is 0 Å². The summed E-state index contributed by atoms with van der Waals surface area (Å²) in [6.07, 6.45) is 4.33. The fourth-order valence-electron chi connectivity index (χ4n) is 4.48. The molecule has 0 amide bonds. The van der Waals surface area contributed by atoms with Gasteiger partial charge in [-0.2, -0.15) is 4.31 Å². The molecule has 3 aromatic rings. The van der Waals surface area contributed by atoms with Gasteiger partial charge in [0.2, 0.25) is 10.0 Å². The Kier molecular flexibility index (Phi) is 5.99. The summed E-state index contributed by atoms with van der Waals surface area (Å²) < 4.78 is 28.0. The predicted molar refractivity (Wildman–Crippen MR) is 128 cm³/mol. The zero-order chi connectivity index (χ0) is 22.8. The maximum Gasteiger partial charge on any atom is 0.243 e. The first-order valence-electron chi connectivity index (χ1n) is 11.4. The van der Waals surface area contributed by atoms with Crippen molar-refractivity contribution in [1.82, 2.24) is 19.5 Å². The number of aryl methyl sites for hydroxylation is 3. The maximum atomic E-state index is 13.2. The van der Waals surface area contributed by atoms with Crippen LogP contribution in [-0.2, 0) is 22.9 Å². The quantitative estimate of drug-likeness (QED) is 0.619. The Hall–Kier alpha value is -3.04. The molecule has 1 aromatic carbocycles. The largest absolute Gasteiger partial charge is 0.352 e. The van der Waals surface area contributed by atoms with Crippen LogP contribution in [-0.4, -0.2) is 54.1 Å². The molecule has 5 rings (SSSR count). The highest BCUT2D eigenvalue weighted by molar-refractivity contribution is 7.89. The summed E-state index contributed by atoms with van der Waals surface area (Å²) in [4.78, 5) is 6.89. The minimum Gasteiger partial charge on any atom is -0.352 e. The topological polar surface area (TPSA) is 91.3 Å². The second-order valence-electron chi connectivity index (χ2n) is 8.59. The third-order valence-electron chi connectivity index (χ3n) is 6.32. The lowest BCUT2D eigenvalue weighted by Crippen LogP contribution is -2.49. The molecule has 2 aliphatic rings. The summed E-state index contributed by atoms with van der Waals surface area (Å²) in [5, 5.41) is 11.7. The Bertz CT molecular complexity index is 1240. The zero-order valence-corrected chi connectivity index (χ0v) is 19.6. The van der Waals surface area contributed by atoms with Gasteiger partial charge in [0, 0.05) is 31.9 Å². The van der Waals surface area contributed by atoms with Crippen LogP contribution in [0, 0.1) is 6.92 Å². The van der Waals surface area contributed by atoms with Crippen LogP contribution in [0.25, 0.3) is 0 Å². The average Bonchev–Trinajstić information content (AvgIpc) is 2.84. The summed E-state index contributed by atoms with van der Waals surface area (Å²) in [6, 6.07) is 15.2. The van der Waals surface area contributed by atoms with E-state index in [4.69, 9.17) is 0 Å². The molecule has 1 N–H and O–H groups in total. The summed E-state index contributed by atoms with van der Waals surface area (Å²) in [7, 11) is -3.49. The summed E-state index contributed by atoms with van der Waals surface area (Å²) in [6.45, 7) is 3.93. The lowest BCUT2D eigenvalue weighted by atomic mass is 9.92. The fraction of sp³-hybridized carbons (Fsp3) is 0.375. The van der Waals surface area contributed by atoms with Crippen molar-refractivity contribution in [1.29, 1.82) is 0 Å². The van der Waals surface area contributed by atoms with E-state index < -0.39 is 10.0 Å². The third kappa shape index (κ3) is 4.69. The first-order valence-corrected chi connectivity index (χ1v) is 12.8. The molecule has 1 aliphatic carbocycles. The van der Waals surface area contributed by atoms with Crippen molar-refractivity contribution < 1.29 is 8.42 Å². The molecule has 0 unspecified atom stereocenters. The van der Waals surface area contributed by atoms with E-state index in [1.54, 1.807) is 10.4 Å². The molecular weight excluding hydrogens is 436 g/mol. The van der Waals surface area contributed by atoms with Crippen LogP contribution in [0.15, 0.2) is 53.4 Å². The number of hydrogen-bond donors (Lipinski definition) is 1. The van der Waals surface area contributed by atoms with E-state index in [1.165, 1.54) is 17.5 Å². The molecule has 1 fully saturated rings. The Morgan fingerprint density at radius 1 is 0.848 bits per heavy atom. The predicted octanol–water partition coefficient (Wildman–Crippen LogP) is 3.31. The van der Waals surface area contributed by atoms with Gasteiger partial charge in [0.05, 0.1) is 4.90 Å². The second kappa shape index (κ2) is 9.07. The Labute approximate surface area is 194 Å². The first-order chi connectivity index (χ1) is 16.0. The highest BCUT2D eigenvalue weighted by atomic mass is 32.2. The molecule has 0 bridgehead atoms. The molecule has 2 aromatic heterocycles. The van der Waals surface area contributed by atoms with Gasteiger partial charge in [-0.1, -0.05) is 12.1 Å². The van der Waals surface area contributed by atoms with Crippen LogP contribution in [0.4, 0.5) is 17.5 Å². The van der Waals surface area contributed by atoms with Crippen molar-refractivity contribution in [3.8, 4) is 0 Å². The van der Waals surface area contributed by atoms with Gasteiger partial charge in [-0.3, -0.25) is 0 Å². The molecule has 0 saturated carbocycles. The van der Waals surface area contributed by atoms with Crippen LogP contribution >= 0.6 is 0 Å². The normalized spacial score (nSPS) is 16.9. The molecule has 0 radical (unpaired) electrons. The summed E-state index contributed by atoms with van der Waals surface area (Å²) >= 11 is 0. The first kappa shape index (κ1) is 21.8. The fourth-order valence-corrected chi connectivity index (χ4v) is 5.95. The number of rotatable bonds is 5. The molecular formula is C24H28N6O2S. The standard InChI is InChI=1S/C24H28N6O2S/c1-18-5-4-8-22(25-18)26-23-11-12-24(28-27-23)29-13-15-30(16-14-29)33(31,32)21-10-9-19-6-2-3-7-20(19)17-21/h4-5,8-12,17H,2-3,6-7,13-16H2,1H3,(H,25,26,27). The van der Waals surface area contributed by atoms with Gasteiger partial charge in [0.1, 0.15) is 5.82 Å². The van der Waals surface area contributed by atoms with Crippen molar-refractivity contribution in [2.45, 2.75) is 37.5 Å². The zero-order valence-electron chi connectivity index (χ0n) is 18.7. The molecule has 33 heavy (non-hydrogen) atoms. The number of fused-ring (bicyclic) bond motifs is 1. The van der Waals surface area contributed by atoms with Crippen molar-refractivity contribution >= 4 is 27.5 Å². The van der Waals surface area contributed by atoms with E-state index in [0.29, 0.717) is 36.9 Å². The van der Waals surface area contributed by atoms with Crippen LogP contribution in [0.5, 0.6) is 0 Å². The summed E-state index contributed by atoms with van der Waals surface area (Å²) in [5.74, 6) is 2.08. The average molecular weight is 465 g/mol. The van der Waals surface area contributed by atoms with Gasteiger partial charge >= 0.3 is 0 Å². The highest BCUT2D eigenvalue weighted by Gasteiger charge is 2.29. The van der Waals surface area contributed by atoms with Gasteiger partial charge in [0.25, 0.3) is 0 Å². The van der Waals surface area contributed by atoms with E-state index in [9.17, 15) is 8.42 Å². The van der Waals surface area contributed by atoms with Crippen LogP contribution in [0.2, 0.25) is 0 Å². The Morgan fingerprint density at radius 2 is 1.64 bits per heavy atom. The van der Waals surface area contributed by atoms with Crippen molar-refractivity contribution in [3.05, 3.63) is 65.4 Å². The molecule has 172 valence electrons. The number of nitrogens with one attached hydrogen (secondary N) is 1. The van der Waals surface area contributed by atoms with E-state index in [0.717, 1.165) is 36.6 Å². The lowest BCUT2D eigenvalue weighted by molar-refractivity contribution is 0.383. The van der Waals surface area contributed by atoms with Gasteiger partial charge < -0.3 is 10.2 Å². The molecule has 0 spiro atoms. The molecule has 1 saturated heterocycles. The summed E-state index contributed by atoms with van der Waals surface area (Å²) in [5.41, 5.74) is 3.40. The third-order valence-corrected chi connectivity index (χ3v) is 8.21. The Morgan fingerprint density at radius 3 is 2.36 bits per heavy atom. The number of pyridine rings is 1. The number of nitrogens with zero attached hydrogens (tertiary/aromatic N) is 5. The van der Waals surface area contributed by atoms with Crippen LogP contribution < -0.4 is 10.2 Å². The van der Waals surface area contributed by atoms with Gasteiger partial charge in [-0.15, -0.1) is 10.2 Å². The molecule has 8 nitrogen and oxygen atoms in total. The maximum absolute atomic E-state index is 13.2. The molecule has 0 atom stereocenters. The van der Waals surface area contributed by atoms with E-state index in [-0.39, 0.29) is 0 Å². The smallest absolute Gasteiger partial charge is 0.243 e. The minimum atomic E-state index is -3.49. The number of sulfonamides is 1. The van der Waals surface area contributed by atoms with E-state index in [2.05, 4.69) is 25.4 Å². The highest BCUT2D eigenvalue weighted by Crippen LogP contribution is 2.27. The lowest BCUT2D eigenvalue weighted by Gasteiger charge is -2.34. The van der Waals surface area contributed by atoms with Crippen molar-refractivity contribution in [2.75, 3.05) is 36.4 Å². The number of benzene rings is 1. The monoisotopic (exact) mass is 464 g/mol. The SMILES string of the molecule is Cc1cccc(Nc2ccc(N3CCN(S(=O)(=O)c4ccc5c(c4)CCCC5)CC3)nn2)n1. The molecule has 9 heteroatoms. The van der Waals surface area contributed by atoms with Crippen LogP contribution in [0.1, 0.15) is 29.7 Å². The second-order valence-corrected chi connectivity index (χ2v) is 10.5. The van der Waals surface area contributed by atoms with Gasteiger partial charge in [-0.25, -0.2) is 13.4 Å². The molecule has 1 aliphatic heterocycles. The van der Waals surface area contributed by atoms with Gasteiger partial charge in [0.15, 0.2) is 11.6 Å². The Balaban J connectivity index is 1.22. The van der Waals surface area contributed by atoms with Crippen molar-refractivity contribution in [3.63, 3.8) is 0 Å².